The van der Waals surface area contributed by atoms with Crippen LogP contribution < -0.4 is 14.8 Å². The largest absolute Gasteiger partial charge is 0.480 e. The summed E-state index contributed by atoms with van der Waals surface area (Å²) < 4.78 is 15.3. The number of esters is 3. The van der Waals surface area contributed by atoms with Gasteiger partial charge in [-0.15, -0.1) is 0 Å². The Kier molecular flexibility index (Phi) is 9.27. The Balaban J connectivity index is 2.87. The predicted molar refractivity (Wildman–Crippen MR) is 103 cm³/mol. The van der Waals surface area contributed by atoms with Gasteiger partial charge in [0, 0.05) is 20.4 Å². The summed E-state index contributed by atoms with van der Waals surface area (Å²) in [5.41, 5.74) is 0.545. The van der Waals surface area contributed by atoms with Gasteiger partial charge in [-0.1, -0.05) is 19.9 Å². The maximum absolute atomic E-state index is 11.6. The van der Waals surface area contributed by atoms with Gasteiger partial charge < -0.3 is 24.6 Å². The number of benzene rings is 1. The maximum Gasteiger partial charge on any atom is 0.321 e. The molecule has 0 aliphatic heterocycles. The van der Waals surface area contributed by atoms with Crippen molar-refractivity contribution in [2.75, 3.05) is 6.54 Å². The van der Waals surface area contributed by atoms with Crippen molar-refractivity contribution in [1.29, 1.82) is 0 Å². The Labute approximate surface area is 169 Å². The lowest BCUT2D eigenvalue weighted by molar-refractivity contribution is -0.152. The molecular weight excluding hydrogens is 382 g/mol. The number of carbonyl (C=O) groups excluding carboxylic acids is 3. The minimum Gasteiger partial charge on any atom is -0.480 e. The topological polar surface area (TPSA) is 128 Å². The average molecular weight is 409 g/mol. The van der Waals surface area contributed by atoms with Gasteiger partial charge in [-0.3, -0.25) is 19.2 Å². The number of carboxylic acid groups (broad SMARTS) is 1. The van der Waals surface area contributed by atoms with Gasteiger partial charge in [0.1, 0.15) is 12.1 Å². The van der Waals surface area contributed by atoms with Gasteiger partial charge in [0.05, 0.1) is 5.92 Å². The third kappa shape index (κ3) is 8.73. The second-order valence-electron chi connectivity index (χ2n) is 6.87. The summed E-state index contributed by atoms with van der Waals surface area (Å²) in [6.45, 7) is 7.65. The van der Waals surface area contributed by atoms with E-state index in [1.165, 1.54) is 26.0 Å². The van der Waals surface area contributed by atoms with Crippen LogP contribution >= 0.6 is 0 Å². The standard InChI is InChI=1S/C20H27NO8/c1-11(2)20(26)27-12(3)10-21-16(19(24)25)8-15-6-7-17(28-13(4)22)18(9-15)29-14(5)23/h6-7,9,11-12,16,21H,8,10H2,1-5H3,(H,24,25)/t12?,16-/m0/s1. The highest BCUT2D eigenvalue weighted by Crippen LogP contribution is 2.29. The van der Waals surface area contributed by atoms with Crippen molar-refractivity contribution in [2.24, 2.45) is 5.92 Å². The molecule has 1 aromatic rings. The van der Waals surface area contributed by atoms with Crippen LogP contribution in [0.5, 0.6) is 11.5 Å². The van der Waals surface area contributed by atoms with Crippen molar-refractivity contribution in [3.05, 3.63) is 23.8 Å². The molecule has 0 aliphatic rings. The third-order valence-corrected chi connectivity index (χ3v) is 3.69. The number of nitrogens with one attached hydrogen (secondary N) is 1. The molecular formula is C20H27NO8. The van der Waals surface area contributed by atoms with Crippen LogP contribution in [-0.4, -0.2) is 47.7 Å². The van der Waals surface area contributed by atoms with E-state index in [2.05, 4.69) is 5.32 Å². The number of hydrogen-bond acceptors (Lipinski definition) is 8. The number of carbonyl (C=O) groups is 4. The Morgan fingerprint density at radius 2 is 1.59 bits per heavy atom. The molecule has 2 N–H and O–H groups in total. The first-order chi connectivity index (χ1) is 13.5. The summed E-state index contributed by atoms with van der Waals surface area (Å²) >= 11 is 0. The van der Waals surface area contributed by atoms with Gasteiger partial charge in [0.25, 0.3) is 0 Å². The van der Waals surface area contributed by atoms with E-state index < -0.39 is 30.1 Å². The molecule has 0 saturated heterocycles. The Morgan fingerprint density at radius 1 is 1.00 bits per heavy atom. The average Bonchev–Trinajstić information content (AvgIpc) is 2.59. The second-order valence-corrected chi connectivity index (χ2v) is 6.87. The maximum atomic E-state index is 11.6. The van der Waals surface area contributed by atoms with Crippen molar-refractivity contribution in [3.63, 3.8) is 0 Å². The summed E-state index contributed by atoms with van der Waals surface area (Å²) in [6.07, 6.45) is -0.441. The van der Waals surface area contributed by atoms with Crippen molar-refractivity contribution >= 4 is 23.9 Å². The number of aliphatic carboxylic acids is 1. The van der Waals surface area contributed by atoms with Crippen molar-refractivity contribution in [1.82, 2.24) is 5.32 Å². The molecule has 0 spiro atoms. The molecule has 2 atom stereocenters. The first-order valence-corrected chi connectivity index (χ1v) is 9.16. The second kappa shape index (κ2) is 11.2. The molecule has 0 radical (unpaired) electrons. The first-order valence-electron chi connectivity index (χ1n) is 9.16. The fourth-order valence-electron chi connectivity index (χ4n) is 2.32. The summed E-state index contributed by atoms with van der Waals surface area (Å²) in [6, 6.07) is 3.48. The molecule has 9 heteroatoms. The van der Waals surface area contributed by atoms with Crippen LogP contribution in [0.15, 0.2) is 18.2 Å². The van der Waals surface area contributed by atoms with Crippen LogP contribution in [-0.2, 0) is 30.3 Å². The lowest BCUT2D eigenvalue weighted by Gasteiger charge is -2.20. The quantitative estimate of drug-likeness (QED) is 0.438. The molecule has 0 heterocycles. The van der Waals surface area contributed by atoms with Crippen LogP contribution in [0.4, 0.5) is 0 Å². The molecule has 0 amide bonds. The third-order valence-electron chi connectivity index (χ3n) is 3.69. The molecule has 0 saturated carbocycles. The monoisotopic (exact) mass is 409 g/mol. The zero-order valence-corrected chi connectivity index (χ0v) is 17.2. The zero-order valence-electron chi connectivity index (χ0n) is 17.2. The smallest absolute Gasteiger partial charge is 0.321 e. The van der Waals surface area contributed by atoms with E-state index in [1.54, 1.807) is 26.8 Å². The fraction of sp³-hybridized carbons (Fsp3) is 0.500. The number of ether oxygens (including phenoxy) is 3. The Morgan fingerprint density at radius 3 is 2.10 bits per heavy atom. The number of rotatable bonds is 10. The molecule has 1 unspecified atom stereocenters. The molecule has 0 aromatic heterocycles. The highest BCUT2D eigenvalue weighted by Gasteiger charge is 2.21. The molecule has 0 fully saturated rings. The van der Waals surface area contributed by atoms with Crippen LogP contribution in [0.2, 0.25) is 0 Å². The van der Waals surface area contributed by atoms with E-state index in [-0.39, 0.29) is 36.4 Å². The van der Waals surface area contributed by atoms with Gasteiger partial charge in [0.2, 0.25) is 0 Å². The lowest BCUT2D eigenvalue weighted by atomic mass is 10.0. The minimum atomic E-state index is -1.09. The molecule has 9 nitrogen and oxygen atoms in total. The van der Waals surface area contributed by atoms with Gasteiger partial charge in [-0.2, -0.15) is 0 Å². The van der Waals surface area contributed by atoms with E-state index in [1.807, 2.05) is 0 Å². The van der Waals surface area contributed by atoms with Crippen LogP contribution in [0.1, 0.15) is 40.2 Å². The molecule has 29 heavy (non-hydrogen) atoms. The van der Waals surface area contributed by atoms with E-state index in [0.717, 1.165) is 0 Å². The minimum absolute atomic E-state index is 0.0218. The Bertz CT molecular complexity index is 759. The van der Waals surface area contributed by atoms with Crippen LogP contribution in [0.25, 0.3) is 0 Å². The summed E-state index contributed by atoms with van der Waals surface area (Å²) in [5.74, 6) is -2.84. The van der Waals surface area contributed by atoms with E-state index in [4.69, 9.17) is 14.2 Å². The van der Waals surface area contributed by atoms with Crippen molar-refractivity contribution in [2.45, 2.75) is 53.2 Å². The first kappa shape index (κ1) is 24.1. The number of carboxylic acids is 1. The molecule has 0 aliphatic carbocycles. The fourth-order valence-corrected chi connectivity index (χ4v) is 2.32. The molecule has 1 aromatic carbocycles. The van der Waals surface area contributed by atoms with Gasteiger partial charge in [-0.05, 0) is 31.0 Å². The summed E-state index contributed by atoms with van der Waals surface area (Å²) in [5, 5.41) is 12.3. The molecule has 160 valence electrons. The number of hydrogen-bond donors (Lipinski definition) is 2. The van der Waals surface area contributed by atoms with Crippen LogP contribution in [0, 0.1) is 5.92 Å². The SMILES string of the molecule is CC(=O)Oc1ccc(C[C@H](NCC(C)OC(=O)C(C)C)C(=O)O)cc1OC(C)=O. The van der Waals surface area contributed by atoms with Crippen molar-refractivity contribution in [3.8, 4) is 11.5 Å². The Hall–Kier alpha value is -2.94. The summed E-state index contributed by atoms with van der Waals surface area (Å²) in [4.78, 5) is 45.7. The van der Waals surface area contributed by atoms with E-state index >= 15 is 0 Å². The van der Waals surface area contributed by atoms with Crippen molar-refractivity contribution < 1.29 is 38.5 Å². The normalized spacial score (nSPS) is 12.8. The predicted octanol–water partition coefficient (Wildman–Crippen LogP) is 1.71. The highest BCUT2D eigenvalue weighted by atomic mass is 16.6. The zero-order chi connectivity index (χ0) is 22.1. The van der Waals surface area contributed by atoms with E-state index in [0.29, 0.717) is 5.56 Å². The summed E-state index contributed by atoms with van der Waals surface area (Å²) in [7, 11) is 0. The van der Waals surface area contributed by atoms with Crippen LogP contribution in [0.3, 0.4) is 0 Å². The molecule has 0 bridgehead atoms. The van der Waals surface area contributed by atoms with Gasteiger partial charge in [0.15, 0.2) is 11.5 Å². The van der Waals surface area contributed by atoms with Gasteiger partial charge in [-0.25, -0.2) is 0 Å². The highest BCUT2D eigenvalue weighted by molar-refractivity contribution is 5.75. The lowest BCUT2D eigenvalue weighted by Crippen LogP contribution is -2.43. The van der Waals surface area contributed by atoms with Gasteiger partial charge >= 0.3 is 23.9 Å². The van der Waals surface area contributed by atoms with E-state index in [9.17, 15) is 24.3 Å². The molecule has 1 rings (SSSR count).